The fraction of sp³-hybridized carbons (Fsp3) is 0.871. The third-order valence-corrected chi connectivity index (χ3v) is 10.3. The molecule has 0 N–H and O–H groups in total. The second-order valence-corrected chi connectivity index (χ2v) is 12.7. The van der Waals surface area contributed by atoms with E-state index in [1.807, 2.05) is 9.80 Å². The first-order valence-corrected chi connectivity index (χ1v) is 16.2. The molecule has 4 unspecified atom stereocenters. The van der Waals surface area contributed by atoms with Gasteiger partial charge in [0, 0.05) is 76.0 Å². The van der Waals surface area contributed by atoms with Gasteiger partial charge in [0.05, 0.1) is 0 Å². The number of carbonyl (C=O) groups is 4. The molecule has 0 aromatic rings. The van der Waals surface area contributed by atoms with Crippen LogP contribution in [0.4, 0.5) is 0 Å². The van der Waals surface area contributed by atoms with Crippen LogP contribution in [-0.4, -0.2) is 93.6 Å². The van der Waals surface area contributed by atoms with Crippen molar-refractivity contribution in [2.45, 2.75) is 146 Å². The van der Waals surface area contributed by atoms with Crippen molar-refractivity contribution in [3.8, 4) is 0 Å². The van der Waals surface area contributed by atoms with E-state index < -0.39 is 0 Å². The maximum atomic E-state index is 11.2. The van der Waals surface area contributed by atoms with Crippen molar-refractivity contribution in [3.05, 3.63) is 0 Å². The standard InChI is InChI=1S/3C8H13NO.C7H11NO/c10-8-5-1-3-7-4-2-6-9(7)8;10-8-5-4-7-3-1-2-6-9(7)8;10-8-4-2-1-3-7-5-6-9(7)8;9-7-4-3-6-2-1-5-8(6)7/h3*7H,1-6H2;6H,1-5H2. The Morgan fingerprint density at radius 3 is 1.23 bits per heavy atom. The van der Waals surface area contributed by atoms with E-state index in [9.17, 15) is 19.2 Å². The molecule has 4 amide bonds. The SMILES string of the molecule is O=C1CCC2CCCCN12.O=C1CCC2CCCN12.O=C1CCCC2CCCN12.O=C1CCCCC2CCN12. The maximum absolute atomic E-state index is 11.2. The number of hydrogen-bond acceptors (Lipinski definition) is 4. The van der Waals surface area contributed by atoms with Crippen molar-refractivity contribution in [1.29, 1.82) is 0 Å². The van der Waals surface area contributed by atoms with Gasteiger partial charge in [0.15, 0.2) is 0 Å². The fourth-order valence-corrected chi connectivity index (χ4v) is 7.93. The van der Waals surface area contributed by atoms with Gasteiger partial charge in [-0.3, -0.25) is 19.2 Å². The quantitative estimate of drug-likeness (QED) is 0.458. The lowest BCUT2D eigenvalue weighted by Crippen LogP contribution is -2.49. The first-order chi connectivity index (χ1) is 19.0. The molecule has 8 rings (SSSR count). The highest BCUT2D eigenvalue weighted by atomic mass is 16.2. The molecule has 4 atom stereocenters. The summed E-state index contributed by atoms with van der Waals surface area (Å²) in [6, 6.07) is 2.52. The van der Waals surface area contributed by atoms with Crippen LogP contribution < -0.4 is 0 Å². The van der Waals surface area contributed by atoms with Gasteiger partial charge in [-0.05, 0) is 89.9 Å². The van der Waals surface area contributed by atoms with E-state index in [1.54, 1.807) is 0 Å². The molecular formula is C31H50N4O4. The Kier molecular flexibility index (Phi) is 9.83. The molecule has 0 aromatic heterocycles. The zero-order chi connectivity index (χ0) is 27.2. The minimum Gasteiger partial charge on any atom is -0.340 e. The molecule has 0 aliphatic carbocycles. The van der Waals surface area contributed by atoms with Crippen molar-refractivity contribution in [1.82, 2.24) is 19.6 Å². The summed E-state index contributed by atoms with van der Waals surface area (Å²) in [5.41, 5.74) is 0. The number of rotatable bonds is 0. The number of hydrogen-bond donors (Lipinski definition) is 0. The van der Waals surface area contributed by atoms with Crippen LogP contribution in [0.25, 0.3) is 0 Å². The molecule has 0 saturated carbocycles. The van der Waals surface area contributed by atoms with Crippen LogP contribution in [0.3, 0.4) is 0 Å². The molecule has 0 spiro atoms. The van der Waals surface area contributed by atoms with Gasteiger partial charge in [0.25, 0.3) is 0 Å². The molecule has 8 heterocycles. The van der Waals surface area contributed by atoms with Gasteiger partial charge < -0.3 is 19.6 Å². The smallest absolute Gasteiger partial charge is 0.222 e. The minimum absolute atomic E-state index is 0.387. The summed E-state index contributed by atoms with van der Waals surface area (Å²) in [5.74, 6) is 1.57. The summed E-state index contributed by atoms with van der Waals surface area (Å²) in [7, 11) is 0. The minimum atomic E-state index is 0.387. The molecule has 8 aliphatic heterocycles. The summed E-state index contributed by atoms with van der Waals surface area (Å²) in [4.78, 5) is 52.8. The number of carbonyl (C=O) groups excluding carboxylic acids is 4. The van der Waals surface area contributed by atoms with Crippen LogP contribution in [0.15, 0.2) is 0 Å². The van der Waals surface area contributed by atoms with Crippen LogP contribution in [0.1, 0.15) is 122 Å². The van der Waals surface area contributed by atoms with Crippen molar-refractivity contribution < 1.29 is 19.2 Å². The van der Waals surface area contributed by atoms with Crippen molar-refractivity contribution in [2.24, 2.45) is 0 Å². The fourth-order valence-electron chi connectivity index (χ4n) is 7.93. The van der Waals surface area contributed by atoms with Crippen molar-refractivity contribution >= 4 is 23.6 Å². The van der Waals surface area contributed by atoms with E-state index in [1.165, 1.54) is 70.6 Å². The van der Waals surface area contributed by atoms with Gasteiger partial charge in [0.2, 0.25) is 23.6 Å². The van der Waals surface area contributed by atoms with E-state index in [4.69, 9.17) is 0 Å². The second-order valence-electron chi connectivity index (χ2n) is 12.7. The normalized spacial score (nSPS) is 32.8. The molecular weight excluding hydrogens is 492 g/mol. The predicted octanol–water partition coefficient (Wildman–Crippen LogP) is 4.26. The molecule has 218 valence electrons. The average molecular weight is 543 g/mol. The number of amides is 4. The summed E-state index contributed by atoms with van der Waals surface area (Å²) >= 11 is 0. The molecule has 8 nitrogen and oxygen atoms in total. The molecule has 0 bridgehead atoms. The summed E-state index contributed by atoms with van der Waals surface area (Å²) < 4.78 is 0. The second kappa shape index (κ2) is 13.5. The van der Waals surface area contributed by atoms with Crippen LogP contribution >= 0.6 is 0 Å². The summed E-state index contributed by atoms with van der Waals surface area (Å²) in [6.07, 6.45) is 21.5. The molecule has 8 aliphatic rings. The van der Waals surface area contributed by atoms with Crippen LogP contribution in [0.2, 0.25) is 0 Å². The van der Waals surface area contributed by atoms with E-state index in [0.29, 0.717) is 47.8 Å². The Morgan fingerprint density at radius 1 is 0.333 bits per heavy atom. The largest absolute Gasteiger partial charge is 0.340 e. The van der Waals surface area contributed by atoms with E-state index in [2.05, 4.69) is 9.80 Å². The van der Waals surface area contributed by atoms with E-state index >= 15 is 0 Å². The Hall–Kier alpha value is -2.12. The monoisotopic (exact) mass is 542 g/mol. The molecule has 8 heteroatoms. The highest BCUT2D eigenvalue weighted by Gasteiger charge is 2.35. The Labute approximate surface area is 234 Å². The Balaban J connectivity index is 0.000000105. The number of piperidine rings is 2. The maximum Gasteiger partial charge on any atom is 0.222 e. The summed E-state index contributed by atoms with van der Waals surface area (Å²) in [6.45, 7) is 4.12. The Bertz CT molecular complexity index is 890. The van der Waals surface area contributed by atoms with Gasteiger partial charge in [-0.25, -0.2) is 0 Å². The topological polar surface area (TPSA) is 81.2 Å². The first-order valence-electron chi connectivity index (χ1n) is 16.2. The van der Waals surface area contributed by atoms with Gasteiger partial charge in [-0.2, -0.15) is 0 Å². The molecule has 0 radical (unpaired) electrons. The average Bonchev–Trinajstić information content (AvgIpc) is 3.71. The lowest BCUT2D eigenvalue weighted by molar-refractivity contribution is -0.138. The zero-order valence-electron chi connectivity index (χ0n) is 24.0. The predicted molar refractivity (Wildman–Crippen MR) is 150 cm³/mol. The molecule has 39 heavy (non-hydrogen) atoms. The van der Waals surface area contributed by atoms with Crippen LogP contribution in [0, 0.1) is 0 Å². The molecule has 0 aromatic carbocycles. The number of nitrogens with zero attached hydrogens (tertiary/aromatic N) is 4. The number of fused-ring (bicyclic) bond motifs is 4. The van der Waals surface area contributed by atoms with Crippen LogP contribution in [0.5, 0.6) is 0 Å². The van der Waals surface area contributed by atoms with Gasteiger partial charge in [-0.1, -0.05) is 6.42 Å². The van der Waals surface area contributed by atoms with Crippen molar-refractivity contribution in [2.75, 3.05) is 26.2 Å². The van der Waals surface area contributed by atoms with Gasteiger partial charge in [-0.15, -0.1) is 0 Å². The lowest BCUT2D eigenvalue weighted by atomic mass is 10.00. The third-order valence-electron chi connectivity index (χ3n) is 10.3. The summed E-state index contributed by atoms with van der Waals surface area (Å²) in [5, 5.41) is 0. The van der Waals surface area contributed by atoms with Crippen LogP contribution in [-0.2, 0) is 19.2 Å². The first kappa shape index (κ1) is 28.4. The van der Waals surface area contributed by atoms with Crippen molar-refractivity contribution in [3.63, 3.8) is 0 Å². The Morgan fingerprint density at radius 2 is 0.718 bits per heavy atom. The zero-order valence-corrected chi connectivity index (χ0v) is 24.0. The lowest BCUT2D eigenvalue weighted by Gasteiger charge is -2.39. The van der Waals surface area contributed by atoms with Gasteiger partial charge >= 0.3 is 0 Å². The third kappa shape index (κ3) is 6.97. The highest BCUT2D eigenvalue weighted by molar-refractivity contribution is 5.79. The van der Waals surface area contributed by atoms with Gasteiger partial charge in [0.1, 0.15) is 0 Å². The van der Waals surface area contributed by atoms with E-state index in [-0.39, 0.29) is 0 Å². The highest BCUT2D eigenvalue weighted by Crippen LogP contribution is 2.29. The molecule has 8 saturated heterocycles. The van der Waals surface area contributed by atoms with E-state index in [0.717, 1.165) is 77.5 Å². The molecule has 8 fully saturated rings.